The maximum absolute atomic E-state index is 12.5. The zero-order valence-electron chi connectivity index (χ0n) is 10.5. The Balaban J connectivity index is 3.27. The molecule has 1 aromatic rings. The van der Waals surface area contributed by atoms with E-state index in [1.165, 1.54) is 16.6 Å². The van der Waals surface area contributed by atoms with Crippen molar-refractivity contribution in [3.8, 4) is 6.07 Å². The minimum absolute atomic E-state index is 0.0600. The van der Waals surface area contributed by atoms with E-state index in [1.807, 2.05) is 6.07 Å². The van der Waals surface area contributed by atoms with Crippen LogP contribution in [-0.4, -0.2) is 30.3 Å². The summed E-state index contributed by atoms with van der Waals surface area (Å²) in [6.07, 6.45) is 1.55. The molecule has 0 saturated heterocycles. The normalized spacial score (nSPS) is 11.8. The van der Waals surface area contributed by atoms with Crippen LogP contribution in [0.1, 0.15) is 20.3 Å². The number of nitrogens with zero attached hydrogens (tertiary/aromatic N) is 3. The molecule has 0 aliphatic carbocycles. The maximum Gasteiger partial charge on any atom is 0.246 e. The summed E-state index contributed by atoms with van der Waals surface area (Å²) < 4.78 is 26.8. The average Bonchev–Trinajstić information content (AvgIpc) is 2.32. The molecule has 0 radical (unpaired) electrons. The van der Waals surface area contributed by atoms with Crippen LogP contribution in [0.15, 0.2) is 21.6 Å². The third-order valence-electron chi connectivity index (χ3n) is 2.38. The van der Waals surface area contributed by atoms with E-state index in [-0.39, 0.29) is 29.1 Å². The number of nitriles is 1. The topological polar surface area (TPSA) is 74.1 Å². The Kier molecular flexibility index (Phi) is 5.74. The maximum atomic E-state index is 12.5. The van der Waals surface area contributed by atoms with Gasteiger partial charge in [-0.25, -0.2) is 13.4 Å². The molecule has 1 aromatic heterocycles. The molecule has 0 N–H and O–H groups in total. The van der Waals surface area contributed by atoms with Crippen LogP contribution in [0.25, 0.3) is 0 Å². The average molecular weight is 367 g/mol. The molecule has 0 aliphatic heterocycles. The van der Waals surface area contributed by atoms with Gasteiger partial charge in [-0.2, -0.15) is 9.57 Å². The largest absolute Gasteiger partial charge is 0.246 e. The molecule has 5 nitrogen and oxygen atoms in total. The monoisotopic (exact) mass is 365 g/mol. The predicted molar refractivity (Wildman–Crippen MR) is 76.2 cm³/mol. The number of pyridine rings is 1. The molecule has 0 unspecified atom stereocenters. The van der Waals surface area contributed by atoms with Gasteiger partial charge in [0.25, 0.3) is 0 Å². The Labute approximate surface area is 126 Å². The third kappa shape index (κ3) is 3.89. The Bertz CT molecular complexity index is 598. The summed E-state index contributed by atoms with van der Waals surface area (Å²) in [5.41, 5.74) is 0. The van der Waals surface area contributed by atoms with Gasteiger partial charge in [-0.05, 0) is 35.8 Å². The summed E-state index contributed by atoms with van der Waals surface area (Å²) in [6.45, 7) is 3.61. The fraction of sp³-hybridized carbons (Fsp3) is 0.455. The fourth-order valence-corrected chi connectivity index (χ4v) is 4.09. The van der Waals surface area contributed by atoms with E-state index in [1.54, 1.807) is 13.8 Å². The van der Waals surface area contributed by atoms with E-state index < -0.39 is 10.0 Å². The van der Waals surface area contributed by atoms with Gasteiger partial charge in [-0.3, -0.25) is 0 Å². The summed E-state index contributed by atoms with van der Waals surface area (Å²) >= 11 is 9.03. The molecule has 1 heterocycles. The van der Waals surface area contributed by atoms with E-state index in [2.05, 4.69) is 20.9 Å². The molecule has 8 heteroatoms. The number of hydrogen-bond donors (Lipinski definition) is 0. The first kappa shape index (κ1) is 16.4. The Morgan fingerprint density at radius 3 is 2.74 bits per heavy atom. The first-order chi connectivity index (χ1) is 8.80. The number of sulfonamides is 1. The molecule has 0 aromatic carbocycles. The first-order valence-corrected chi connectivity index (χ1v) is 8.11. The molecule has 1 rings (SSSR count). The van der Waals surface area contributed by atoms with Crippen molar-refractivity contribution in [1.29, 1.82) is 5.26 Å². The molecule has 0 aliphatic rings. The number of hydrogen-bond acceptors (Lipinski definition) is 4. The fourth-order valence-electron chi connectivity index (χ4n) is 1.53. The highest BCUT2D eigenvalue weighted by Gasteiger charge is 2.29. The van der Waals surface area contributed by atoms with Crippen LogP contribution >= 0.6 is 27.5 Å². The lowest BCUT2D eigenvalue weighted by molar-refractivity contribution is 0.360. The first-order valence-electron chi connectivity index (χ1n) is 5.50. The summed E-state index contributed by atoms with van der Waals surface area (Å²) in [5.74, 6) is 0. The van der Waals surface area contributed by atoms with Crippen LogP contribution in [-0.2, 0) is 10.0 Å². The van der Waals surface area contributed by atoms with E-state index in [9.17, 15) is 8.42 Å². The van der Waals surface area contributed by atoms with Crippen molar-refractivity contribution in [2.24, 2.45) is 0 Å². The highest BCUT2D eigenvalue weighted by molar-refractivity contribution is 9.10. The minimum Gasteiger partial charge on any atom is -0.242 e. The van der Waals surface area contributed by atoms with Crippen molar-refractivity contribution in [3.63, 3.8) is 0 Å². The lowest BCUT2D eigenvalue weighted by Gasteiger charge is -2.25. The van der Waals surface area contributed by atoms with Crippen molar-refractivity contribution in [1.82, 2.24) is 9.29 Å². The lowest BCUT2D eigenvalue weighted by Crippen LogP contribution is -2.37. The zero-order valence-corrected chi connectivity index (χ0v) is 13.6. The number of aromatic nitrogens is 1. The van der Waals surface area contributed by atoms with Crippen molar-refractivity contribution in [2.45, 2.75) is 31.2 Å². The smallest absolute Gasteiger partial charge is 0.242 e. The Morgan fingerprint density at radius 1 is 1.58 bits per heavy atom. The molecule has 0 amide bonds. The van der Waals surface area contributed by atoms with Crippen LogP contribution in [0, 0.1) is 11.3 Å². The van der Waals surface area contributed by atoms with E-state index in [0.717, 1.165) is 0 Å². The van der Waals surface area contributed by atoms with Crippen LogP contribution in [0.2, 0.25) is 5.15 Å². The lowest BCUT2D eigenvalue weighted by atomic mass is 10.3. The van der Waals surface area contributed by atoms with Crippen LogP contribution < -0.4 is 0 Å². The van der Waals surface area contributed by atoms with Crippen LogP contribution in [0.4, 0.5) is 0 Å². The van der Waals surface area contributed by atoms with Crippen LogP contribution in [0.3, 0.4) is 0 Å². The summed E-state index contributed by atoms with van der Waals surface area (Å²) in [4.78, 5) is 3.75. The van der Waals surface area contributed by atoms with Gasteiger partial charge in [0.1, 0.15) is 10.0 Å². The van der Waals surface area contributed by atoms with Gasteiger partial charge in [0, 0.05) is 29.7 Å². The van der Waals surface area contributed by atoms with Gasteiger partial charge >= 0.3 is 0 Å². The van der Waals surface area contributed by atoms with Gasteiger partial charge in [-0.15, -0.1) is 0 Å². The van der Waals surface area contributed by atoms with Gasteiger partial charge in [0.05, 0.1) is 6.07 Å². The highest BCUT2D eigenvalue weighted by Crippen LogP contribution is 2.27. The summed E-state index contributed by atoms with van der Waals surface area (Å²) in [7, 11) is -3.77. The Morgan fingerprint density at radius 2 is 2.21 bits per heavy atom. The third-order valence-corrected chi connectivity index (χ3v) is 5.32. The van der Waals surface area contributed by atoms with E-state index in [4.69, 9.17) is 16.9 Å². The standard InChI is InChI=1S/C11H13BrClN3O2S/c1-8(2)16(5-3-4-14)19(17,18)10-6-9(12)7-15-11(10)13/h6-8H,3,5H2,1-2H3. The van der Waals surface area contributed by atoms with Gasteiger partial charge < -0.3 is 0 Å². The second kappa shape index (κ2) is 6.66. The second-order valence-corrected chi connectivity index (χ2v) is 7.19. The van der Waals surface area contributed by atoms with Crippen molar-refractivity contribution in [3.05, 3.63) is 21.9 Å². The predicted octanol–water partition coefficient (Wildman–Crippen LogP) is 2.81. The zero-order chi connectivity index (χ0) is 14.6. The van der Waals surface area contributed by atoms with Gasteiger partial charge in [0.15, 0.2) is 0 Å². The molecule has 0 atom stereocenters. The van der Waals surface area contributed by atoms with Crippen molar-refractivity contribution in [2.75, 3.05) is 6.54 Å². The Hall–Kier alpha value is -0.680. The highest BCUT2D eigenvalue weighted by atomic mass is 79.9. The number of rotatable bonds is 5. The quantitative estimate of drug-likeness (QED) is 0.751. The van der Waals surface area contributed by atoms with Gasteiger partial charge in [-0.1, -0.05) is 11.6 Å². The molecular weight excluding hydrogens is 354 g/mol. The van der Waals surface area contributed by atoms with E-state index in [0.29, 0.717) is 4.47 Å². The molecule has 0 saturated carbocycles. The molecule has 19 heavy (non-hydrogen) atoms. The second-order valence-electron chi connectivity index (χ2n) is 4.06. The molecule has 0 bridgehead atoms. The van der Waals surface area contributed by atoms with Crippen molar-refractivity contribution >= 4 is 37.6 Å². The summed E-state index contributed by atoms with van der Waals surface area (Å²) in [6, 6.07) is 3.08. The summed E-state index contributed by atoms with van der Waals surface area (Å²) in [5, 5.41) is 8.54. The minimum atomic E-state index is -3.77. The van der Waals surface area contributed by atoms with E-state index >= 15 is 0 Å². The molecule has 0 fully saturated rings. The molecule has 0 spiro atoms. The van der Waals surface area contributed by atoms with Gasteiger partial charge in [0.2, 0.25) is 10.0 Å². The number of halogens is 2. The SMILES string of the molecule is CC(C)N(CCC#N)S(=O)(=O)c1cc(Br)cnc1Cl. The van der Waals surface area contributed by atoms with Crippen LogP contribution in [0.5, 0.6) is 0 Å². The molecule has 104 valence electrons. The molecular formula is C11H13BrClN3O2S. The van der Waals surface area contributed by atoms with Crippen molar-refractivity contribution < 1.29 is 8.42 Å².